The van der Waals surface area contributed by atoms with Crippen molar-refractivity contribution < 1.29 is 9.47 Å². The summed E-state index contributed by atoms with van der Waals surface area (Å²) in [6.45, 7) is 10.2. The van der Waals surface area contributed by atoms with Crippen molar-refractivity contribution in [1.29, 1.82) is 0 Å². The second kappa shape index (κ2) is 13.2. The molecule has 2 rings (SSSR count). The molecule has 1 unspecified atom stereocenters. The van der Waals surface area contributed by atoms with Crippen LogP contribution in [0.4, 0.5) is 0 Å². The van der Waals surface area contributed by atoms with Crippen LogP contribution in [0.5, 0.6) is 5.75 Å². The van der Waals surface area contributed by atoms with Crippen LogP contribution in [-0.4, -0.2) is 63.9 Å². The molecule has 1 aliphatic rings. The smallest absolute Gasteiger partial charge is 0.191 e. The Bertz CT molecular complexity index is 519. The molecule has 1 fully saturated rings. The molecule has 6 nitrogen and oxygen atoms in total. The SMILES string of the molecule is CCCNC(=NCC(c1ccc(OC)cc1)N1CCOCC1)NCC.I. The number of nitrogens with one attached hydrogen (secondary N) is 2. The first-order valence-corrected chi connectivity index (χ1v) is 9.26. The zero-order valence-corrected chi connectivity index (χ0v) is 18.5. The molecule has 0 spiro atoms. The zero-order valence-electron chi connectivity index (χ0n) is 16.2. The van der Waals surface area contributed by atoms with Crippen molar-refractivity contribution in [2.24, 2.45) is 4.99 Å². The van der Waals surface area contributed by atoms with Crippen LogP contribution >= 0.6 is 24.0 Å². The molecule has 1 aliphatic heterocycles. The standard InChI is InChI=1S/C19H32N4O2.HI/c1-4-10-21-19(20-5-2)22-15-18(23-11-13-25-14-12-23)16-6-8-17(24-3)9-7-16;/h6-9,18H,4-5,10-15H2,1-3H3,(H2,20,21,22);1H. The summed E-state index contributed by atoms with van der Waals surface area (Å²) in [7, 11) is 1.70. The van der Waals surface area contributed by atoms with Gasteiger partial charge in [0, 0.05) is 26.2 Å². The van der Waals surface area contributed by atoms with Crippen LogP contribution in [0.25, 0.3) is 0 Å². The Balaban J connectivity index is 0.00000338. The Morgan fingerprint density at radius 3 is 2.46 bits per heavy atom. The van der Waals surface area contributed by atoms with Gasteiger partial charge in [0.1, 0.15) is 5.75 Å². The van der Waals surface area contributed by atoms with E-state index in [-0.39, 0.29) is 30.0 Å². The van der Waals surface area contributed by atoms with E-state index < -0.39 is 0 Å². The van der Waals surface area contributed by atoms with E-state index in [0.29, 0.717) is 6.54 Å². The van der Waals surface area contributed by atoms with E-state index in [1.165, 1.54) is 5.56 Å². The van der Waals surface area contributed by atoms with Gasteiger partial charge in [-0.05, 0) is 31.0 Å². The van der Waals surface area contributed by atoms with Gasteiger partial charge in [-0.2, -0.15) is 0 Å². The second-order valence-corrected chi connectivity index (χ2v) is 6.08. The van der Waals surface area contributed by atoms with Gasteiger partial charge in [-0.15, -0.1) is 24.0 Å². The van der Waals surface area contributed by atoms with E-state index in [2.05, 4.69) is 41.5 Å². The van der Waals surface area contributed by atoms with Crippen molar-refractivity contribution in [2.75, 3.05) is 53.0 Å². The van der Waals surface area contributed by atoms with Crippen LogP contribution in [0, 0.1) is 0 Å². The lowest BCUT2D eigenvalue weighted by molar-refractivity contribution is 0.0179. The van der Waals surface area contributed by atoms with E-state index in [1.807, 2.05) is 12.1 Å². The Labute approximate surface area is 174 Å². The summed E-state index contributed by atoms with van der Waals surface area (Å²) in [5.74, 6) is 1.77. The predicted octanol–water partition coefficient (Wildman–Crippen LogP) is 2.65. The summed E-state index contributed by atoms with van der Waals surface area (Å²) in [6, 6.07) is 8.56. The van der Waals surface area contributed by atoms with Gasteiger partial charge in [0.25, 0.3) is 0 Å². The molecule has 2 N–H and O–H groups in total. The number of hydrogen-bond donors (Lipinski definition) is 2. The molecule has 0 aromatic heterocycles. The molecule has 1 aromatic carbocycles. The van der Waals surface area contributed by atoms with Gasteiger partial charge in [0.15, 0.2) is 5.96 Å². The number of methoxy groups -OCH3 is 1. The van der Waals surface area contributed by atoms with Crippen molar-refractivity contribution in [3.05, 3.63) is 29.8 Å². The highest BCUT2D eigenvalue weighted by atomic mass is 127. The maximum atomic E-state index is 5.52. The molecule has 1 atom stereocenters. The van der Waals surface area contributed by atoms with Crippen LogP contribution in [0.15, 0.2) is 29.3 Å². The average molecular weight is 476 g/mol. The molecule has 1 aromatic rings. The van der Waals surface area contributed by atoms with Crippen molar-refractivity contribution in [3.63, 3.8) is 0 Å². The number of morpholine rings is 1. The molecule has 0 saturated carbocycles. The molecule has 1 heterocycles. The second-order valence-electron chi connectivity index (χ2n) is 6.08. The minimum Gasteiger partial charge on any atom is -0.497 e. The molecule has 0 bridgehead atoms. The minimum atomic E-state index is 0. The van der Waals surface area contributed by atoms with E-state index in [0.717, 1.165) is 57.5 Å². The third kappa shape index (κ3) is 7.28. The fraction of sp³-hybridized carbons (Fsp3) is 0.632. The first kappa shape index (κ1) is 23.0. The van der Waals surface area contributed by atoms with Gasteiger partial charge in [-0.1, -0.05) is 19.1 Å². The Morgan fingerprint density at radius 2 is 1.88 bits per heavy atom. The summed E-state index contributed by atoms with van der Waals surface area (Å²) < 4.78 is 10.8. The predicted molar refractivity (Wildman–Crippen MR) is 118 cm³/mol. The fourth-order valence-electron chi connectivity index (χ4n) is 2.91. The topological polar surface area (TPSA) is 58.1 Å². The van der Waals surface area contributed by atoms with Gasteiger partial charge in [-0.3, -0.25) is 9.89 Å². The lowest BCUT2D eigenvalue weighted by Crippen LogP contribution is -2.42. The summed E-state index contributed by atoms with van der Waals surface area (Å²) >= 11 is 0. The highest BCUT2D eigenvalue weighted by molar-refractivity contribution is 14.0. The van der Waals surface area contributed by atoms with Gasteiger partial charge in [0.2, 0.25) is 0 Å². The van der Waals surface area contributed by atoms with Crippen LogP contribution in [0.3, 0.4) is 0 Å². The third-order valence-electron chi connectivity index (χ3n) is 4.30. The number of hydrogen-bond acceptors (Lipinski definition) is 4. The first-order chi connectivity index (χ1) is 12.3. The number of benzene rings is 1. The van der Waals surface area contributed by atoms with E-state index in [4.69, 9.17) is 14.5 Å². The first-order valence-electron chi connectivity index (χ1n) is 9.26. The summed E-state index contributed by atoms with van der Waals surface area (Å²) in [5, 5.41) is 6.70. The zero-order chi connectivity index (χ0) is 17.9. The lowest BCUT2D eigenvalue weighted by atomic mass is 10.0. The van der Waals surface area contributed by atoms with E-state index >= 15 is 0 Å². The number of aliphatic imine (C=N–C) groups is 1. The summed E-state index contributed by atoms with van der Waals surface area (Å²) in [4.78, 5) is 7.28. The van der Waals surface area contributed by atoms with Crippen LogP contribution < -0.4 is 15.4 Å². The molecule has 0 aliphatic carbocycles. The fourth-order valence-corrected chi connectivity index (χ4v) is 2.91. The summed E-state index contributed by atoms with van der Waals surface area (Å²) in [5.41, 5.74) is 1.26. The van der Waals surface area contributed by atoms with Crippen molar-refractivity contribution in [3.8, 4) is 5.75 Å². The number of ether oxygens (including phenoxy) is 2. The van der Waals surface area contributed by atoms with Gasteiger partial charge < -0.3 is 20.1 Å². The molecule has 0 amide bonds. The van der Waals surface area contributed by atoms with Crippen molar-refractivity contribution in [1.82, 2.24) is 15.5 Å². The maximum absolute atomic E-state index is 5.52. The normalized spacial score (nSPS) is 16.5. The average Bonchev–Trinajstić information content (AvgIpc) is 2.67. The van der Waals surface area contributed by atoms with Gasteiger partial charge in [0.05, 0.1) is 32.9 Å². The van der Waals surface area contributed by atoms with E-state index in [9.17, 15) is 0 Å². The number of guanidine groups is 1. The molecule has 148 valence electrons. The van der Waals surface area contributed by atoms with Gasteiger partial charge >= 0.3 is 0 Å². The lowest BCUT2D eigenvalue weighted by Gasteiger charge is -2.34. The Kier molecular flexibility index (Phi) is 11.6. The summed E-state index contributed by atoms with van der Waals surface area (Å²) in [6.07, 6.45) is 1.08. The monoisotopic (exact) mass is 476 g/mol. The quantitative estimate of drug-likeness (QED) is 0.343. The highest BCUT2D eigenvalue weighted by Gasteiger charge is 2.22. The molecular weight excluding hydrogens is 443 g/mol. The number of nitrogens with zero attached hydrogens (tertiary/aromatic N) is 2. The number of halogens is 1. The highest BCUT2D eigenvalue weighted by Crippen LogP contribution is 2.24. The van der Waals surface area contributed by atoms with Crippen LogP contribution in [0.1, 0.15) is 31.9 Å². The van der Waals surface area contributed by atoms with Crippen LogP contribution in [0.2, 0.25) is 0 Å². The molecule has 26 heavy (non-hydrogen) atoms. The van der Waals surface area contributed by atoms with Crippen LogP contribution in [-0.2, 0) is 4.74 Å². The van der Waals surface area contributed by atoms with Gasteiger partial charge in [-0.25, -0.2) is 0 Å². The molecular formula is C19H33IN4O2. The molecule has 7 heteroatoms. The Morgan fingerprint density at radius 1 is 1.19 bits per heavy atom. The molecule has 1 saturated heterocycles. The largest absolute Gasteiger partial charge is 0.497 e. The van der Waals surface area contributed by atoms with Crippen molar-refractivity contribution in [2.45, 2.75) is 26.3 Å². The Hall–Kier alpha value is -1.06. The third-order valence-corrected chi connectivity index (χ3v) is 4.30. The van der Waals surface area contributed by atoms with E-state index in [1.54, 1.807) is 7.11 Å². The maximum Gasteiger partial charge on any atom is 0.191 e. The molecule has 0 radical (unpaired) electrons. The number of rotatable bonds is 8. The van der Waals surface area contributed by atoms with Crippen molar-refractivity contribution >= 4 is 29.9 Å². The minimum absolute atomic E-state index is 0.